The van der Waals surface area contributed by atoms with Gasteiger partial charge in [0.2, 0.25) is 0 Å². The molecule has 1 rings (SSSR count). The van der Waals surface area contributed by atoms with Crippen LogP contribution >= 0.6 is 0 Å². The van der Waals surface area contributed by atoms with Crippen molar-refractivity contribution in [1.29, 1.82) is 0 Å². The lowest BCUT2D eigenvalue weighted by molar-refractivity contribution is 0.170. The maximum Gasteiger partial charge on any atom is 0.0787 e. The predicted molar refractivity (Wildman–Crippen MR) is 56.9 cm³/mol. The summed E-state index contributed by atoms with van der Waals surface area (Å²) in [4.78, 5) is 0. The highest BCUT2D eigenvalue weighted by Crippen LogP contribution is 2.20. The monoisotopic (exact) mass is 194 g/mol. The minimum absolute atomic E-state index is 0.386. The van der Waals surface area contributed by atoms with E-state index in [2.05, 4.69) is 0 Å². The smallest absolute Gasteiger partial charge is 0.0787 e. The van der Waals surface area contributed by atoms with Crippen LogP contribution in [0.2, 0.25) is 0 Å². The number of benzene rings is 1. The zero-order valence-electron chi connectivity index (χ0n) is 8.77. The van der Waals surface area contributed by atoms with E-state index in [0.29, 0.717) is 0 Å². The van der Waals surface area contributed by atoms with E-state index in [1.807, 2.05) is 38.1 Å². The molecule has 2 atom stereocenters. The molecule has 0 heterocycles. The summed E-state index contributed by atoms with van der Waals surface area (Å²) in [6.07, 6.45) is 0.663. The molecule has 0 bridgehead atoms. The van der Waals surface area contributed by atoms with Crippen LogP contribution in [0, 0.1) is 0 Å². The molecular weight excluding hydrogens is 176 g/mol. The molecule has 0 spiro atoms. The molecule has 1 aromatic rings. The summed E-state index contributed by atoms with van der Waals surface area (Å²) in [6, 6.07) is 7.51. The molecule has 0 saturated carbocycles. The van der Waals surface area contributed by atoms with Crippen molar-refractivity contribution in [2.45, 2.75) is 38.9 Å². The number of hydrogen-bond donors (Lipinski definition) is 2. The van der Waals surface area contributed by atoms with Crippen molar-refractivity contribution in [1.82, 2.24) is 0 Å². The van der Waals surface area contributed by atoms with Crippen molar-refractivity contribution in [3.63, 3.8) is 0 Å². The Morgan fingerprint density at radius 3 is 1.36 bits per heavy atom. The molecule has 78 valence electrons. The first-order valence-electron chi connectivity index (χ1n) is 5.15. The topological polar surface area (TPSA) is 40.5 Å². The van der Waals surface area contributed by atoms with Crippen LogP contribution in [-0.2, 0) is 0 Å². The van der Waals surface area contributed by atoms with E-state index >= 15 is 0 Å². The highest BCUT2D eigenvalue weighted by atomic mass is 16.3. The van der Waals surface area contributed by atoms with Gasteiger partial charge in [0.05, 0.1) is 12.2 Å². The van der Waals surface area contributed by atoms with E-state index in [1.165, 1.54) is 0 Å². The number of hydrogen-bond acceptors (Lipinski definition) is 2. The molecule has 2 nitrogen and oxygen atoms in total. The average molecular weight is 194 g/mol. The number of rotatable bonds is 4. The van der Waals surface area contributed by atoms with Crippen molar-refractivity contribution in [3.05, 3.63) is 35.4 Å². The fourth-order valence-electron chi connectivity index (χ4n) is 1.41. The van der Waals surface area contributed by atoms with Crippen LogP contribution in [0.1, 0.15) is 50.0 Å². The predicted octanol–water partition coefficient (Wildman–Crippen LogP) is 2.57. The van der Waals surface area contributed by atoms with Gasteiger partial charge in [-0.25, -0.2) is 0 Å². The van der Waals surface area contributed by atoms with Crippen LogP contribution < -0.4 is 0 Å². The maximum absolute atomic E-state index is 9.55. The molecule has 0 saturated heterocycles. The van der Waals surface area contributed by atoms with Gasteiger partial charge in [0, 0.05) is 0 Å². The van der Waals surface area contributed by atoms with E-state index in [0.717, 1.165) is 24.0 Å². The Morgan fingerprint density at radius 2 is 1.14 bits per heavy atom. The standard InChI is InChI=1S/C12H18O2/c1-3-11(13)9-5-7-10(8-6-9)12(14)4-2/h5-8,11-14H,3-4H2,1-2H3. The second kappa shape index (κ2) is 5.13. The summed E-state index contributed by atoms with van der Waals surface area (Å²) < 4.78 is 0. The molecule has 2 unspecified atom stereocenters. The van der Waals surface area contributed by atoms with Crippen molar-refractivity contribution in [2.75, 3.05) is 0 Å². The van der Waals surface area contributed by atoms with E-state index in [4.69, 9.17) is 0 Å². The van der Waals surface area contributed by atoms with E-state index in [-0.39, 0.29) is 12.2 Å². The highest BCUT2D eigenvalue weighted by molar-refractivity contribution is 5.25. The molecule has 2 heteroatoms. The first-order valence-corrected chi connectivity index (χ1v) is 5.15. The van der Waals surface area contributed by atoms with Gasteiger partial charge < -0.3 is 10.2 Å². The van der Waals surface area contributed by atoms with Crippen molar-refractivity contribution in [3.8, 4) is 0 Å². The molecule has 14 heavy (non-hydrogen) atoms. The average Bonchev–Trinajstić information content (AvgIpc) is 2.27. The van der Waals surface area contributed by atoms with Crippen LogP contribution in [0.3, 0.4) is 0 Å². The molecule has 2 N–H and O–H groups in total. The minimum Gasteiger partial charge on any atom is -0.388 e. The van der Waals surface area contributed by atoms with E-state index in [1.54, 1.807) is 0 Å². The van der Waals surface area contributed by atoms with Crippen molar-refractivity contribution < 1.29 is 10.2 Å². The highest BCUT2D eigenvalue weighted by Gasteiger charge is 2.07. The third-order valence-corrected chi connectivity index (χ3v) is 2.48. The Morgan fingerprint density at radius 1 is 0.857 bits per heavy atom. The Hall–Kier alpha value is -0.860. The SMILES string of the molecule is CCC(O)c1ccc(C(O)CC)cc1. The summed E-state index contributed by atoms with van der Waals surface area (Å²) in [5.74, 6) is 0. The first-order chi connectivity index (χ1) is 6.69. The lowest BCUT2D eigenvalue weighted by Crippen LogP contribution is -1.98. The third kappa shape index (κ3) is 2.56. The van der Waals surface area contributed by atoms with Gasteiger partial charge in [-0.1, -0.05) is 38.1 Å². The zero-order chi connectivity index (χ0) is 10.6. The summed E-state index contributed by atoms with van der Waals surface area (Å²) in [6.45, 7) is 3.89. The Kier molecular flexibility index (Phi) is 4.11. The van der Waals surface area contributed by atoms with Crippen LogP contribution in [0.15, 0.2) is 24.3 Å². The molecule has 0 aliphatic carbocycles. The summed E-state index contributed by atoms with van der Waals surface area (Å²) in [5.41, 5.74) is 1.83. The van der Waals surface area contributed by atoms with Crippen LogP contribution in [0.25, 0.3) is 0 Å². The Balaban J connectivity index is 2.78. The first kappa shape index (κ1) is 11.2. The normalized spacial score (nSPS) is 15.1. The fourth-order valence-corrected chi connectivity index (χ4v) is 1.41. The molecule has 0 aromatic heterocycles. The van der Waals surface area contributed by atoms with E-state index in [9.17, 15) is 10.2 Å². The van der Waals surface area contributed by atoms with Crippen LogP contribution in [0.5, 0.6) is 0 Å². The van der Waals surface area contributed by atoms with Gasteiger partial charge in [-0.3, -0.25) is 0 Å². The van der Waals surface area contributed by atoms with Gasteiger partial charge in [0.15, 0.2) is 0 Å². The van der Waals surface area contributed by atoms with Gasteiger partial charge in [0.1, 0.15) is 0 Å². The minimum atomic E-state index is -0.386. The summed E-state index contributed by atoms with van der Waals surface area (Å²) >= 11 is 0. The molecule has 0 fully saturated rings. The lowest BCUT2D eigenvalue weighted by atomic mass is 10.0. The maximum atomic E-state index is 9.55. The van der Waals surface area contributed by atoms with Gasteiger partial charge in [-0.15, -0.1) is 0 Å². The van der Waals surface area contributed by atoms with Gasteiger partial charge >= 0.3 is 0 Å². The summed E-state index contributed by atoms with van der Waals surface area (Å²) in [5, 5.41) is 19.1. The Labute approximate surface area is 85.2 Å². The quantitative estimate of drug-likeness (QED) is 0.773. The van der Waals surface area contributed by atoms with Gasteiger partial charge in [0.25, 0.3) is 0 Å². The largest absolute Gasteiger partial charge is 0.388 e. The molecule has 1 aromatic carbocycles. The van der Waals surface area contributed by atoms with Crippen LogP contribution in [0.4, 0.5) is 0 Å². The Bertz CT molecular complexity index is 237. The van der Waals surface area contributed by atoms with Crippen molar-refractivity contribution in [2.24, 2.45) is 0 Å². The fraction of sp³-hybridized carbons (Fsp3) is 0.500. The van der Waals surface area contributed by atoms with Crippen molar-refractivity contribution >= 4 is 0 Å². The zero-order valence-corrected chi connectivity index (χ0v) is 8.77. The summed E-state index contributed by atoms with van der Waals surface area (Å²) in [7, 11) is 0. The number of aliphatic hydroxyl groups excluding tert-OH is 2. The second-order valence-corrected chi connectivity index (χ2v) is 3.51. The number of aliphatic hydroxyl groups is 2. The lowest BCUT2D eigenvalue weighted by Gasteiger charge is -2.11. The van der Waals surface area contributed by atoms with Gasteiger partial charge in [-0.2, -0.15) is 0 Å². The van der Waals surface area contributed by atoms with Gasteiger partial charge in [-0.05, 0) is 24.0 Å². The third-order valence-electron chi connectivity index (χ3n) is 2.48. The molecule has 0 radical (unpaired) electrons. The second-order valence-electron chi connectivity index (χ2n) is 3.51. The van der Waals surface area contributed by atoms with Crippen LogP contribution in [-0.4, -0.2) is 10.2 Å². The molecular formula is C12H18O2. The van der Waals surface area contributed by atoms with E-state index < -0.39 is 0 Å². The molecule has 0 aliphatic rings. The molecule has 0 aliphatic heterocycles. The molecule has 0 amide bonds.